The van der Waals surface area contributed by atoms with Crippen molar-refractivity contribution in [3.63, 3.8) is 0 Å². The Hall–Kier alpha value is -0.580. The monoisotopic (exact) mass is 426 g/mol. The van der Waals surface area contributed by atoms with Gasteiger partial charge < -0.3 is 15.3 Å². The molecule has 0 unspecified atom stereocenters. The average molecular weight is 427 g/mol. The summed E-state index contributed by atoms with van der Waals surface area (Å²) in [4.78, 5) is 2.42. The van der Waals surface area contributed by atoms with Crippen molar-refractivity contribution < 1.29 is 5.11 Å². The van der Waals surface area contributed by atoms with E-state index in [1.807, 2.05) is 0 Å². The van der Waals surface area contributed by atoms with Crippen LogP contribution in [0.5, 0.6) is 0 Å². The fourth-order valence-electron chi connectivity index (χ4n) is 5.23. The number of aliphatic hydroxyl groups is 1. The summed E-state index contributed by atoms with van der Waals surface area (Å²) in [7, 11) is 0. The van der Waals surface area contributed by atoms with Gasteiger partial charge in [0.25, 0.3) is 0 Å². The van der Waals surface area contributed by atoms with Crippen LogP contribution < -0.4 is 5.32 Å². The molecule has 5 heteroatoms. The molecule has 2 aliphatic carbocycles. The van der Waals surface area contributed by atoms with Crippen LogP contribution in [0.25, 0.3) is 6.08 Å². The average Bonchev–Trinajstić information content (AvgIpc) is 3.40. The van der Waals surface area contributed by atoms with Gasteiger partial charge in [-0.2, -0.15) is 0 Å². The third-order valence-electron chi connectivity index (χ3n) is 6.97. The van der Waals surface area contributed by atoms with E-state index >= 15 is 0 Å². The van der Waals surface area contributed by atoms with Crippen LogP contribution in [-0.4, -0.2) is 48.3 Å². The Bertz CT molecular complexity index is 621. The van der Waals surface area contributed by atoms with E-state index < -0.39 is 0 Å². The zero-order valence-electron chi connectivity index (χ0n) is 17.0. The first-order valence-corrected chi connectivity index (χ1v) is 10.6. The number of halogens is 2. The number of likely N-dealkylation sites (tertiary alicyclic amines) is 1. The first kappa shape index (κ1) is 23.7. The smallest absolute Gasteiger partial charge is 0.0558 e. The van der Waals surface area contributed by atoms with Gasteiger partial charge in [-0.25, -0.2) is 0 Å². The van der Waals surface area contributed by atoms with E-state index in [0.29, 0.717) is 18.1 Å². The summed E-state index contributed by atoms with van der Waals surface area (Å²) in [5, 5.41) is 13.0. The molecule has 3 fully saturated rings. The molecule has 28 heavy (non-hydrogen) atoms. The van der Waals surface area contributed by atoms with E-state index in [-0.39, 0.29) is 24.8 Å². The van der Waals surface area contributed by atoms with E-state index in [1.165, 1.54) is 50.8 Å². The summed E-state index contributed by atoms with van der Waals surface area (Å²) in [5.74, 6) is 0.753. The molecule has 1 aromatic carbocycles. The highest BCUT2D eigenvalue weighted by atomic mass is 35.5. The van der Waals surface area contributed by atoms with Gasteiger partial charge in [0.1, 0.15) is 0 Å². The molecule has 0 radical (unpaired) electrons. The van der Waals surface area contributed by atoms with Crippen LogP contribution in [0.2, 0.25) is 0 Å². The lowest BCUT2D eigenvalue weighted by molar-refractivity contribution is 0.00146. The Morgan fingerprint density at radius 1 is 1.18 bits per heavy atom. The molecule has 0 aromatic heterocycles. The topological polar surface area (TPSA) is 35.5 Å². The maximum absolute atomic E-state index is 9.09. The zero-order chi connectivity index (χ0) is 18.0. The minimum absolute atomic E-state index is 0. The molecule has 1 aliphatic heterocycles. The molecule has 4 rings (SSSR count). The molecule has 1 saturated heterocycles. The fourth-order valence-corrected chi connectivity index (χ4v) is 5.23. The summed E-state index contributed by atoms with van der Waals surface area (Å²) in [6.07, 6.45) is 10.3. The normalized spacial score (nSPS) is 26.9. The standard InChI is InChI=1S/C23H34N2O.2ClH/c1-2-19(14-18-6-4-3-5-7-18)21-15-22(21)24-20-16-23(17-20)8-10-25(11-9-23)12-13-26;;/h3-7,14,20-22,24,26H,2,8-13,15-17H2,1H3;2*1H/b19-14+;;/t21-,22+;;/m0../s1. The molecule has 0 bridgehead atoms. The van der Waals surface area contributed by atoms with Crippen LogP contribution in [0.1, 0.15) is 51.0 Å². The van der Waals surface area contributed by atoms with Gasteiger partial charge in [0.2, 0.25) is 0 Å². The lowest BCUT2D eigenvalue weighted by Gasteiger charge is -2.52. The molecule has 1 heterocycles. The van der Waals surface area contributed by atoms with Crippen molar-refractivity contribution in [2.24, 2.45) is 11.3 Å². The highest BCUT2D eigenvalue weighted by Crippen LogP contribution is 2.50. The first-order valence-electron chi connectivity index (χ1n) is 10.6. The van der Waals surface area contributed by atoms with E-state index in [4.69, 9.17) is 5.11 Å². The van der Waals surface area contributed by atoms with Crippen LogP contribution in [0.15, 0.2) is 35.9 Å². The summed E-state index contributed by atoms with van der Waals surface area (Å²) in [6.45, 7) is 5.81. The summed E-state index contributed by atoms with van der Waals surface area (Å²) < 4.78 is 0. The van der Waals surface area contributed by atoms with E-state index in [0.717, 1.165) is 24.9 Å². The largest absolute Gasteiger partial charge is 0.395 e. The molecule has 1 aromatic rings. The Morgan fingerprint density at radius 2 is 1.86 bits per heavy atom. The van der Waals surface area contributed by atoms with Crippen LogP contribution >= 0.6 is 24.8 Å². The van der Waals surface area contributed by atoms with Gasteiger partial charge in [-0.1, -0.05) is 48.9 Å². The third-order valence-corrected chi connectivity index (χ3v) is 6.97. The highest BCUT2D eigenvalue weighted by molar-refractivity contribution is 5.85. The number of aliphatic hydroxyl groups excluding tert-OH is 1. The van der Waals surface area contributed by atoms with Crippen LogP contribution in [0, 0.1) is 11.3 Å². The molecular formula is C23H36Cl2N2O. The molecule has 2 atom stereocenters. The van der Waals surface area contributed by atoms with Gasteiger partial charge in [-0.15, -0.1) is 24.8 Å². The van der Waals surface area contributed by atoms with Gasteiger partial charge in [0, 0.05) is 18.6 Å². The molecule has 2 saturated carbocycles. The van der Waals surface area contributed by atoms with Crippen molar-refractivity contribution in [1.29, 1.82) is 0 Å². The Kier molecular flexibility index (Phi) is 8.84. The van der Waals surface area contributed by atoms with Gasteiger partial charge >= 0.3 is 0 Å². The number of benzene rings is 1. The Morgan fingerprint density at radius 3 is 2.46 bits per heavy atom. The number of β-amino-alcohol motifs (C(OH)–C–C–N with tert-alkyl or cyclic N) is 1. The lowest BCUT2D eigenvalue weighted by Crippen LogP contribution is -2.54. The Labute approximate surface area is 182 Å². The predicted octanol–water partition coefficient (Wildman–Crippen LogP) is 4.54. The third kappa shape index (κ3) is 5.52. The van der Waals surface area contributed by atoms with Crippen molar-refractivity contribution in [3.8, 4) is 0 Å². The number of nitrogens with one attached hydrogen (secondary N) is 1. The second kappa shape index (κ2) is 10.4. The van der Waals surface area contributed by atoms with Crippen molar-refractivity contribution >= 4 is 30.9 Å². The SMILES string of the molecule is CC/C(=C\c1ccccc1)[C@@H]1C[C@H]1NC1CC2(CCN(CCO)CC2)C1.Cl.Cl. The quantitative estimate of drug-likeness (QED) is 0.671. The maximum Gasteiger partial charge on any atom is 0.0558 e. The highest BCUT2D eigenvalue weighted by Gasteiger charge is 2.49. The minimum Gasteiger partial charge on any atom is -0.395 e. The molecule has 3 nitrogen and oxygen atoms in total. The van der Waals surface area contributed by atoms with Gasteiger partial charge in [0.05, 0.1) is 6.61 Å². The summed E-state index contributed by atoms with van der Waals surface area (Å²) in [5.41, 5.74) is 3.56. The zero-order valence-corrected chi connectivity index (χ0v) is 18.6. The van der Waals surface area contributed by atoms with Gasteiger partial charge in [0.15, 0.2) is 0 Å². The maximum atomic E-state index is 9.09. The van der Waals surface area contributed by atoms with Crippen LogP contribution in [-0.2, 0) is 0 Å². The second-order valence-electron chi connectivity index (χ2n) is 8.77. The Balaban J connectivity index is 0.00000140. The molecule has 1 spiro atoms. The predicted molar refractivity (Wildman–Crippen MR) is 122 cm³/mol. The van der Waals surface area contributed by atoms with Crippen LogP contribution in [0.4, 0.5) is 0 Å². The van der Waals surface area contributed by atoms with Crippen molar-refractivity contribution in [1.82, 2.24) is 10.2 Å². The van der Waals surface area contributed by atoms with Crippen LogP contribution in [0.3, 0.4) is 0 Å². The van der Waals surface area contributed by atoms with E-state index in [1.54, 1.807) is 5.57 Å². The summed E-state index contributed by atoms with van der Waals surface area (Å²) >= 11 is 0. The van der Waals surface area contributed by atoms with Crippen molar-refractivity contribution in [2.45, 2.75) is 57.5 Å². The van der Waals surface area contributed by atoms with Gasteiger partial charge in [-0.3, -0.25) is 0 Å². The molecule has 0 amide bonds. The molecule has 3 aliphatic rings. The lowest BCUT2D eigenvalue weighted by atomic mass is 9.60. The first-order chi connectivity index (χ1) is 12.7. The second-order valence-corrected chi connectivity index (χ2v) is 8.77. The van der Waals surface area contributed by atoms with Crippen molar-refractivity contribution in [2.75, 3.05) is 26.2 Å². The number of nitrogens with zero attached hydrogens (tertiary/aromatic N) is 1. The van der Waals surface area contributed by atoms with Crippen molar-refractivity contribution in [3.05, 3.63) is 41.5 Å². The molecular weight excluding hydrogens is 391 g/mol. The number of rotatable bonds is 7. The summed E-state index contributed by atoms with van der Waals surface area (Å²) in [6, 6.07) is 12.2. The minimum atomic E-state index is 0. The van der Waals surface area contributed by atoms with Gasteiger partial charge in [-0.05, 0) is 68.5 Å². The number of hydrogen-bond donors (Lipinski definition) is 2. The fraction of sp³-hybridized carbons (Fsp3) is 0.652. The van der Waals surface area contributed by atoms with E-state index in [2.05, 4.69) is 53.5 Å². The molecule has 2 N–H and O–H groups in total. The molecule has 158 valence electrons. The van der Waals surface area contributed by atoms with E-state index in [9.17, 15) is 0 Å². The number of piperidine rings is 1. The number of hydrogen-bond acceptors (Lipinski definition) is 3.